The van der Waals surface area contributed by atoms with E-state index >= 15 is 0 Å². The fraction of sp³-hybridized carbons (Fsp3) is 0.273. The van der Waals surface area contributed by atoms with E-state index in [0.717, 1.165) is 43.2 Å². The maximum atomic E-state index is 13.1. The first-order valence-corrected chi connectivity index (χ1v) is 9.73. The van der Waals surface area contributed by atoms with Gasteiger partial charge in [-0.25, -0.2) is 14.4 Å². The number of rotatable bonds is 6. The lowest BCUT2D eigenvalue weighted by Gasteiger charge is -2.36. The van der Waals surface area contributed by atoms with Crippen molar-refractivity contribution < 1.29 is 9.50 Å². The van der Waals surface area contributed by atoms with Crippen LogP contribution in [0.4, 0.5) is 21.7 Å². The zero-order valence-electron chi connectivity index (χ0n) is 16.1. The molecule has 0 spiro atoms. The first kappa shape index (κ1) is 19.1. The van der Waals surface area contributed by atoms with Crippen molar-refractivity contribution in [2.45, 2.75) is 6.10 Å². The molecule has 1 saturated heterocycles. The Hall–Kier alpha value is -3.19. The highest BCUT2D eigenvalue weighted by Gasteiger charge is 2.19. The molecule has 0 saturated carbocycles. The molecule has 1 fully saturated rings. The molecule has 0 radical (unpaired) electrons. The second kappa shape index (κ2) is 8.87. The second-order valence-corrected chi connectivity index (χ2v) is 7.02. The molecule has 0 bridgehead atoms. The maximum absolute atomic E-state index is 13.1. The highest BCUT2D eigenvalue weighted by molar-refractivity contribution is 5.52. The predicted molar refractivity (Wildman–Crippen MR) is 113 cm³/mol. The van der Waals surface area contributed by atoms with E-state index in [1.165, 1.54) is 12.1 Å². The Morgan fingerprint density at radius 2 is 1.62 bits per heavy atom. The standard InChI is InChI=1S/C22H24FN5O/c23-18-6-8-19(9-7-18)27-10-12-28(13-11-27)22-14-21(25-16-26-22)24-15-20(29)17-4-2-1-3-5-17/h1-9,14,16,20,29H,10-13,15H2,(H,24,25,26). The normalized spacial score (nSPS) is 15.2. The summed E-state index contributed by atoms with van der Waals surface area (Å²) in [4.78, 5) is 13.1. The number of nitrogens with zero attached hydrogens (tertiary/aromatic N) is 4. The van der Waals surface area contributed by atoms with Crippen LogP contribution in [-0.4, -0.2) is 47.8 Å². The monoisotopic (exact) mass is 393 g/mol. The Bertz CT molecular complexity index is 914. The van der Waals surface area contributed by atoms with Gasteiger partial charge in [0.25, 0.3) is 0 Å². The van der Waals surface area contributed by atoms with Gasteiger partial charge in [-0.2, -0.15) is 0 Å². The van der Waals surface area contributed by atoms with Crippen LogP contribution < -0.4 is 15.1 Å². The van der Waals surface area contributed by atoms with Crippen molar-refractivity contribution in [2.75, 3.05) is 47.8 Å². The summed E-state index contributed by atoms with van der Waals surface area (Å²) in [7, 11) is 0. The molecule has 6 nitrogen and oxygen atoms in total. The van der Waals surface area contributed by atoms with Gasteiger partial charge in [0.15, 0.2) is 0 Å². The molecule has 4 rings (SSSR count). The minimum atomic E-state index is -0.603. The summed E-state index contributed by atoms with van der Waals surface area (Å²) >= 11 is 0. The van der Waals surface area contributed by atoms with Crippen LogP contribution in [-0.2, 0) is 0 Å². The molecule has 1 aliphatic rings. The van der Waals surface area contributed by atoms with Gasteiger partial charge >= 0.3 is 0 Å². The largest absolute Gasteiger partial charge is 0.387 e. The Morgan fingerprint density at radius 1 is 0.931 bits per heavy atom. The molecule has 2 heterocycles. The van der Waals surface area contributed by atoms with Crippen molar-refractivity contribution in [3.8, 4) is 0 Å². The number of hydrogen-bond donors (Lipinski definition) is 2. The molecule has 150 valence electrons. The SMILES string of the molecule is OC(CNc1cc(N2CCN(c3ccc(F)cc3)CC2)ncn1)c1ccccc1. The summed E-state index contributed by atoms with van der Waals surface area (Å²) in [6.45, 7) is 3.69. The minimum absolute atomic E-state index is 0.217. The number of aromatic nitrogens is 2. The molecule has 1 aromatic heterocycles. The number of aliphatic hydroxyl groups excluding tert-OH is 1. The number of aliphatic hydroxyl groups is 1. The van der Waals surface area contributed by atoms with Crippen molar-refractivity contribution >= 4 is 17.3 Å². The average molecular weight is 393 g/mol. The molecule has 1 unspecified atom stereocenters. The predicted octanol–water partition coefficient (Wildman–Crippen LogP) is 3.09. The molecule has 0 amide bonds. The van der Waals surface area contributed by atoms with Gasteiger partial charge in [0.1, 0.15) is 23.8 Å². The van der Waals surface area contributed by atoms with Gasteiger partial charge in [-0.3, -0.25) is 0 Å². The van der Waals surface area contributed by atoms with Crippen LogP contribution in [0, 0.1) is 5.82 Å². The maximum Gasteiger partial charge on any atom is 0.134 e. The van der Waals surface area contributed by atoms with Gasteiger partial charge < -0.3 is 20.2 Å². The van der Waals surface area contributed by atoms with Gasteiger partial charge in [-0.15, -0.1) is 0 Å². The van der Waals surface area contributed by atoms with Crippen LogP contribution >= 0.6 is 0 Å². The smallest absolute Gasteiger partial charge is 0.134 e. The Kier molecular flexibility index (Phi) is 5.86. The van der Waals surface area contributed by atoms with E-state index in [2.05, 4.69) is 25.1 Å². The first-order valence-electron chi connectivity index (χ1n) is 9.73. The Morgan fingerprint density at radius 3 is 2.34 bits per heavy atom. The summed E-state index contributed by atoms with van der Waals surface area (Å²) in [5.74, 6) is 1.33. The van der Waals surface area contributed by atoms with E-state index in [4.69, 9.17) is 0 Å². The topological polar surface area (TPSA) is 64.5 Å². The van der Waals surface area contributed by atoms with E-state index in [-0.39, 0.29) is 5.82 Å². The Balaban J connectivity index is 1.33. The van der Waals surface area contributed by atoms with Crippen molar-refractivity contribution in [1.82, 2.24) is 9.97 Å². The highest BCUT2D eigenvalue weighted by atomic mass is 19.1. The highest BCUT2D eigenvalue weighted by Crippen LogP contribution is 2.21. The van der Waals surface area contributed by atoms with E-state index in [1.807, 2.05) is 48.5 Å². The Labute approximate surface area is 169 Å². The molecule has 2 N–H and O–H groups in total. The van der Waals surface area contributed by atoms with Crippen molar-refractivity contribution in [3.63, 3.8) is 0 Å². The second-order valence-electron chi connectivity index (χ2n) is 7.02. The lowest BCUT2D eigenvalue weighted by molar-refractivity contribution is 0.191. The number of halogens is 1. The van der Waals surface area contributed by atoms with Crippen molar-refractivity contribution in [2.24, 2.45) is 0 Å². The third-order valence-corrected chi connectivity index (χ3v) is 5.11. The average Bonchev–Trinajstić information content (AvgIpc) is 2.79. The molecule has 3 aromatic rings. The molecule has 1 aliphatic heterocycles. The molecule has 0 aliphatic carbocycles. The molecule has 7 heteroatoms. The van der Waals surface area contributed by atoms with E-state index in [9.17, 15) is 9.50 Å². The lowest BCUT2D eigenvalue weighted by Crippen LogP contribution is -2.46. The number of anilines is 3. The molecular formula is C22H24FN5O. The van der Waals surface area contributed by atoms with Crippen LogP contribution in [0.2, 0.25) is 0 Å². The van der Waals surface area contributed by atoms with Gasteiger partial charge in [0, 0.05) is 44.5 Å². The summed E-state index contributed by atoms with van der Waals surface area (Å²) < 4.78 is 13.1. The fourth-order valence-corrected chi connectivity index (χ4v) is 3.46. The zero-order valence-corrected chi connectivity index (χ0v) is 16.1. The van der Waals surface area contributed by atoms with Gasteiger partial charge in [-0.05, 0) is 29.8 Å². The summed E-state index contributed by atoms with van der Waals surface area (Å²) in [5.41, 5.74) is 1.90. The third-order valence-electron chi connectivity index (χ3n) is 5.11. The quantitative estimate of drug-likeness (QED) is 0.671. The van der Waals surface area contributed by atoms with Crippen LogP contribution in [0.1, 0.15) is 11.7 Å². The van der Waals surface area contributed by atoms with E-state index in [1.54, 1.807) is 6.33 Å². The van der Waals surface area contributed by atoms with Crippen LogP contribution in [0.5, 0.6) is 0 Å². The van der Waals surface area contributed by atoms with E-state index in [0.29, 0.717) is 12.4 Å². The third kappa shape index (κ3) is 4.81. The zero-order chi connectivity index (χ0) is 20.1. The van der Waals surface area contributed by atoms with Crippen molar-refractivity contribution in [3.05, 3.63) is 78.4 Å². The number of hydrogen-bond acceptors (Lipinski definition) is 6. The van der Waals surface area contributed by atoms with Crippen molar-refractivity contribution in [1.29, 1.82) is 0 Å². The lowest BCUT2D eigenvalue weighted by atomic mass is 10.1. The van der Waals surface area contributed by atoms with Gasteiger partial charge in [0.2, 0.25) is 0 Å². The van der Waals surface area contributed by atoms with Gasteiger partial charge in [-0.1, -0.05) is 30.3 Å². The summed E-state index contributed by atoms with van der Waals surface area (Å²) in [5, 5.41) is 13.5. The molecule has 29 heavy (non-hydrogen) atoms. The summed E-state index contributed by atoms with van der Waals surface area (Å²) in [6.07, 6.45) is 0.938. The first-order chi connectivity index (χ1) is 14.2. The number of benzene rings is 2. The molecule has 1 atom stereocenters. The summed E-state index contributed by atoms with van der Waals surface area (Å²) in [6, 6.07) is 18.1. The van der Waals surface area contributed by atoms with Crippen LogP contribution in [0.3, 0.4) is 0 Å². The van der Waals surface area contributed by atoms with Gasteiger partial charge in [0.05, 0.1) is 6.10 Å². The fourth-order valence-electron chi connectivity index (χ4n) is 3.46. The number of nitrogens with one attached hydrogen (secondary N) is 1. The van der Waals surface area contributed by atoms with Crippen LogP contribution in [0.25, 0.3) is 0 Å². The minimum Gasteiger partial charge on any atom is -0.387 e. The number of piperazine rings is 1. The molecule has 2 aromatic carbocycles. The van der Waals surface area contributed by atoms with Crippen LogP contribution in [0.15, 0.2) is 67.0 Å². The molecular weight excluding hydrogens is 369 g/mol. The van der Waals surface area contributed by atoms with E-state index < -0.39 is 6.10 Å².